The normalized spacial score (nSPS) is 32.6. The van der Waals surface area contributed by atoms with E-state index in [0.29, 0.717) is 68.2 Å². The van der Waals surface area contributed by atoms with Crippen molar-refractivity contribution in [1.29, 1.82) is 0 Å². The summed E-state index contributed by atoms with van der Waals surface area (Å²) >= 11 is 0. The van der Waals surface area contributed by atoms with Gasteiger partial charge in [-0.05, 0) is 134 Å². The highest BCUT2D eigenvalue weighted by Crippen LogP contribution is 2.55. The predicted octanol–water partition coefficient (Wildman–Crippen LogP) is 7.24. The summed E-state index contributed by atoms with van der Waals surface area (Å²) in [6.07, 6.45) is 9.32. The van der Waals surface area contributed by atoms with Gasteiger partial charge < -0.3 is 36.3 Å². The molecular weight excluding hydrogens is 791 g/mol. The summed E-state index contributed by atoms with van der Waals surface area (Å²) in [5.41, 5.74) is 16.3. The average Bonchev–Trinajstić information content (AvgIpc) is 3.61. The molecule has 3 aliphatic carbocycles. The Bertz CT molecular complexity index is 2380. The Morgan fingerprint density at radius 3 is 2.49 bits per heavy atom. The number of ether oxygens (including phenoxy) is 2. The molecule has 0 aromatic heterocycles. The van der Waals surface area contributed by atoms with E-state index in [9.17, 15) is 28.3 Å². The standard InChI is InChI=1S/C49H59N3O8S/c1-29-7-8-33-24-38-14-16-40(33)42(29)27-44(61(56,57)58)43-26-35-22-34(25-39-21-30(28-53)5-4-6-32-23-37(54)13-15-41(32)46(35)59-39)45(43)31-9-11-36(12-10-31)49(60-38,52-47(50)51)20-19-48(55)17-2-3-18-48/h9-16,23-24,26,29-30,34,39,42-46,53-55H,2-3,5,7-8,17-22,25,27-28H2,1H3,(H4,50,51,52)(H,56,57,58)/t29-,30+,34-,39-,42+,43-,44-,45+,46-,49-/m1/s1. The van der Waals surface area contributed by atoms with E-state index in [2.05, 4.69) is 24.8 Å². The molecule has 0 amide bonds. The highest BCUT2D eigenvalue weighted by Gasteiger charge is 2.49. The minimum absolute atomic E-state index is 0.0583. The molecule has 8 N–H and O–H groups in total. The average molecular weight is 850 g/mol. The lowest BCUT2D eigenvalue weighted by Crippen LogP contribution is -2.40. The summed E-state index contributed by atoms with van der Waals surface area (Å²) in [6, 6.07) is 19.1. The molecule has 5 aliphatic heterocycles. The van der Waals surface area contributed by atoms with Crippen LogP contribution in [0, 0.1) is 35.5 Å². The molecule has 12 heteroatoms. The van der Waals surface area contributed by atoms with Crippen LogP contribution in [0.2, 0.25) is 0 Å². The number of guanidine groups is 1. The van der Waals surface area contributed by atoms with Gasteiger partial charge in [0.15, 0.2) is 5.96 Å². The summed E-state index contributed by atoms with van der Waals surface area (Å²) in [4.78, 5) is 4.84. The summed E-state index contributed by atoms with van der Waals surface area (Å²) in [5.74, 6) is 5.77. The third-order valence-corrected chi connectivity index (χ3v) is 16.3. The molecule has 5 heterocycles. The van der Waals surface area contributed by atoms with Gasteiger partial charge in [0.1, 0.15) is 17.6 Å². The summed E-state index contributed by atoms with van der Waals surface area (Å²) < 4.78 is 53.8. The van der Waals surface area contributed by atoms with Crippen LogP contribution >= 0.6 is 0 Å². The van der Waals surface area contributed by atoms with Gasteiger partial charge in [-0.25, -0.2) is 4.99 Å². The Balaban J connectivity index is 1.25. The van der Waals surface area contributed by atoms with Gasteiger partial charge in [0, 0.05) is 42.1 Å². The number of allylic oxidation sites excluding steroid dienone is 1. The van der Waals surface area contributed by atoms with E-state index in [4.69, 9.17) is 25.9 Å². The quantitative estimate of drug-likeness (QED) is 0.0484. The summed E-state index contributed by atoms with van der Waals surface area (Å²) in [5, 5.41) is 31.5. The minimum Gasteiger partial charge on any atom is -0.508 e. The van der Waals surface area contributed by atoms with Crippen molar-refractivity contribution in [2.75, 3.05) is 6.61 Å². The first-order chi connectivity index (χ1) is 29.2. The van der Waals surface area contributed by atoms with E-state index < -0.39 is 38.7 Å². The van der Waals surface area contributed by atoms with Crippen LogP contribution in [0.1, 0.15) is 135 Å². The van der Waals surface area contributed by atoms with Crippen LogP contribution in [0.25, 0.3) is 0 Å². The van der Waals surface area contributed by atoms with Crippen molar-refractivity contribution in [3.05, 3.63) is 106 Å². The monoisotopic (exact) mass is 849 g/mol. The maximum atomic E-state index is 14.1. The lowest BCUT2D eigenvalue weighted by molar-refractivity contribution is -0.0131. The van der Waals surface area contributed by atoms with Gasteiger partial charge >= 0.3 is 0 Å². The molecule has 3 aromatic rings. The largest absolute Gasteiger partial charge is 0.508 e. The van der Waals surface area contributed by atoms with E-state index >= 15 is 0 Å². The molecule has 0 unspecified atom stereocenters. The van der Waals surface area contributed by atoms with Crippen molar-refractivity contribution in [3.8, 4) is 23.3 Å². The van der Waals surface area contributed by atoms with E-state index in [0.717, 1.165) is 53.5 Å². The number of aryl methyl sites for hydroxylation is 1. The van der Waals surface area contributed by atoms with Crippen molar-refractivity contribution >= 4 is 16.1 Å². The van der Waals surface area contributed by atoms with E-state index in [1.165, 1.54) is 0 Å². The number of aliphatic hydroxyl groups excluding tert-OH is 1. The van der Waals surface area contributed by atoms with Crippen molar-refractivity contribution in [3.63, 3.8) is 0 Å². The Hall–Kier alpha value is -4.38. The summed E-state index contributed by atoms with van der Waals surface area (Å²) in [7, 11) is -4.63. The zero-order valence-electron chi connectivity index (χ0n) is 34.9. The Labute approximate surface area is 359 Å². The Kier molecular flexibility index (Phi) is 11.3. The number of benzene rings is 3. The fourth-order valence-corrected chi connectivity index (χ4v) is 13.0. The second-order valence-corrected chi connectivity index (χ2v) is 20.6. The molecular formula is C49H59N3O8S. The lowest BCUT2D eigenvalue weighted by Gasteiger charge is -2.42. The molecule has 10 atom stereocenters. The van der Waals surface area contributed by atoms with E-state index in [-0.39, 0.29) is 60.4 Å². The van der Waals surface area contributed by atoms with Crippen LogP contribution in [0.5, 0.6) is 11.5 Å². The number of nitrogens with two attached hydrogens (primary N) is 2. The maximum Gasteiger partial charge on any atom is 0.268 e. The van der Waals surface area contributed by atoms with Gasteiger partial charge in [0.05, 0.1) is 17.0 Å². The molecule has 1 saturated carbocycles. The molecule has 61 heavy (non-hydrogen) atoms. The molecule has 3 aromatic carbocycles. The molecule has 10 bridgehead atoms. The zero-order chi connectivity index (χ0) is 42.7. The van der Waals surface area contributed by atoms with Gasteiger partial charge in [0.2, 0.25) is 5.72 Å². The van der Waals surface area contributed by atoms with Crippen LogP contribution < -0.4 is 16.2 Å². The molecule has 8 aliphatic rings. The fraction of sp³-hybridized carbons (Fsp3) is 0.531. The molecule has 324 valence electrons. The number of aromatic hydroxyl groups is 1. The Morgan fingerprint density at radius 2 is 1.75 bits per heavy atom. The molecule has 0 spiro atoms. The van der Waals surface area contributed by atoms with Crippen LogP contribution in [-0.4, -0.2) is 57.8 Å². The number of rotatable bonds is 6. The van der Waals surface area contributed by atoms with Crippen LogP contribution in [0.3, 0.4) is 0 Å². The number of phenolic OH excluding ortho intramolecular Hbond substituents is 1. The van der Waals surface area contributed by atoms with Gasteiger partial charge in [-0.2, -0.15) is 8.42 Å². The number of phenols is 1. The van der Waals surface area contributed by atoms with Gasteiger partial charge in [-0.15, -0.1) is 0 Å². The van der Waals surface area contributed by atoms with Crippen molar-refractivity contribution in [2.45, 2.75) is 131 Å². The molecule has 0 radical (unpaired) electrons. The van der Waals surface area contributed by atoms with Gasteiger partial charge in [-0.1, -0.05) is 74.1 Å². The van der Waals surface area contributed by atoms with Crippen LogP contribution in [0.15, 0.2) is 77.3 Å². The maximum absolute atomic E-state index is 14.1. The second-order valence-electron chi connectivity index (χ2n) is 19.0. The first kappa shape index (κ1) is 41.9. The van der Waals surface area contributed by atoms with Crippen molar-refractivity contribution in [1.82, 2.24) is 0 Å². The number of fused-ring (bicyclic) bond motifs is 9. The molecule has 11 nitrogen and oxygen atoms in total. The number of hydrogen-bond acceptors (Lipinski definition) is 8. The lowest BCUT2D eigenvalue weighted by atomic mass is 9.64. The second kappa shape index (κ2) is 16.4. The third kappa shape index (κ3) is 8.32. The van der Waals surface area contributed by atoms with E-state index in [1.807, 2.05) is 48.5 Å². The highest BCUT2D eigenvalue weighted by atomic mass is 32.2. The Morgan fingerprint density at radius 1 is 0.984 bits per heavy atom. The number of nitrogens with zero attached hydrogens (tertiary/aromatic N) is 1. The van der Waals surface area contributed by atoms with Crippen molar-refractivity contribution < 1.29 is 37.8 Å². The van der Waals surface area contributed by atoms with Gasteiger partial charge in [-0.3, -0.25) is 4.55 Å². The number of hydrogen-bond donors (Lipinski definition) is 6. The van der Waals surface area contributed by atoms with E-state index in [1.54, 1.807) is 12.1 Å². The highest BCUT2D eigenvalue weighted by molar-refractivity contribution is 7.86. The molecule has 2 fully saturated rings. The fourth-order valence-electron chi connectivity index (χ4n) is 11.9. The SMILES string of the molecule is C[C@@H]1CCc2cc3ccc2[C@H]1C[C@@H](S(=O)(=O)O)[C@H]1C=C2C[C@H](C[C@H]4C[C@@H](CO)CC#Cc5cc(O)ccc5[C@@H]2O4)[C@@H]1c1ccc(cc1)[C@](CCC1(O)CCCC1)(N=C(N)N)O3. The third-order valence-electron chi connectivity index (χ3n) is 15.0. The van der Waals surface area contributed by atoms with Crippen LogP contribution in [0.4, 0.5) is 0 Å². The molecule has 11 rings (SSSR count). The first-order valence-electron chi connectivity index (χ1n) is 22.2. The predicted molar refractivity (Wildman–Crippen MR) is 233 cm³/mol. The number of aliphatic imine (C=N–C) groups is 1. The number of aliphatic hydroxyl groups is 2. The van der Waals surface area contributed by atoms with Crippen LogP contribution in [-0.2, 0) is 27.0 Å². The minimum atomic E-state index is -4.63. The van der Waals surface area contributed by atoms with Crippen molar-refractivity contribution in [2.24, 2.45) is 40.1 Å². The topological polar surface area (TPSA) is 198 Å². The summed E-state index contributed by atoms with van der Waals surface area (Å²) in [6.45, 7) is 2.11. The first-order valence-corrected chi connectivity index (χ1v) is 23.7. The molecule has 1 saturated heterocycles. The zero-order valence-corrected chi connectivity index (χ0v) is 35.7. The smallest absolute Gasteiger partial charge is 0.268 e. The van der Waals surface area contributed by atoms with Gasteiger partial charge in [0.25, 0.3) is 10.1 Å².